The first-order valence-electron chi connectivity index (χ1n) is 2.35. The maximum atomic E-state index is 5.44. The van der Waals surface area contributed by atoms with Crippen LogP contribution in [0.3, 0.4) is 0 Å². The van der Waals surface area contributed by atoms with E-state index in [0.29, 0.717) is 0 Å². The first-order chi connectivity index (χ1) is 3.27. The Kier molecular flexibility index (Phi) is 4.31. The maximum Gasteiger partial charge on any atom is -0.00973 e. The van der Waals surface area contributed by atoms with Crippen molar-refractivity contribution in [3.05, 3.63) is 0 Å². The molecular formula is C5H12NS-. The Balaban J connectivity index is 2.88. The second-order valence-electron chi connectivity index (χ2n) is 1.44. The van der Waals surface area contributed by atoms with Crippen LogP contribution in [0.4, 0.5) is 0 Å². The van der Waals surface area contributed by atoms with Gasteiger partial charge in [-0.3, -0.25) is 0 Å². The predicted molar refractivity (Wildman–Crippen MR) is 36.8 cm³/mol. The van der Waals surface area contributed by atoms with Crippen molar-refractivity contribution in [3.63, 3.8) is 0 Å². The Morgan fingerprint density at radius 2 is 2.29 bits per heavy atom. The van der Waals surface area contributed by atoms with Crippen LogP contribution < -0.4 is 5.32 Å². The molecule has 0 atom stereocenters. The Bertz CT molecular complexity index is 90.0. The van der Waals surface area contributed by atoms with Crippen LogP contribution in [0.1, 0.15) is 6.92 Å². The normalized spacial score (nSPS) is 10.0. The van der Waals surface area contributed by atoms with Crippen LogP contribution in [0.15, 0.2) is 0 Å². The second kappa shape index (κ2) is 4.25. The summed E-state index contributed by atoms with van der Waals surface area (Å²) >= 11 is 0. The van der Waals surface area contributed by atoms with Crippen LogP contribution in [0.2, 0.25) is 0 Å². The zero-order valence-corrected chi connectivity index (χ0v) is 5.72. The molecule has 0 aromatic carbocycles. The van der Waals surface area contributed by atoms with Gasteiger partial charge in [-0.1, -0.05) is 12.8 Å². The highest BCUT2D eigenvalue weighted by Crippen LogP contribution is 1.63. The Hall–Kier alpha value is 0.0900. The van der Waals surface area contributed by atoms with E-state index in [9.17, 15) is 0 Å². The molecule has 1 nitrogen and oxygen atoms in total. The number of nitrogens with one attached hydrogen (secondary N) is 1. The molecule has 0 spiro atoms. The average Bonchev–Trinajstić information content (AvgIpc) is 1.61. The summed E-state index contributed by atoms with van der Waals surface area (Å²) in [6.07, 6.45) is 2.02. The quantitative estimate of drug-likeness (QED) is 0.517. The summed E-state index contributed by atoms with van der Waals surface area (Å²) in [5, 5.41) is 3.14. The van der Waals surface area contributed by atoms with Gasteiger partial charge < -0.3 is 21.3 Å². The Morgan fingerprint density at radius 3 is 2.43 bits per heavy atom. The molecule has 0 unspecified atom stereocenters. The lowest BCUT2D eigenvalue weighted by Crippen LogP contribution is -2.15. The zero-order valence-electron chi connectivity index (χ0n) is 4.90. The summed E-state index contributed by atoms with van der Waals surface area (Å²) in [6, 6.07) is 0. The lowest BCUT2D eigenvalue weighted by atomic mass is 10.8. The van der Waals surface area contributed by atoms with Gasteiger partial charge in [0, 0.05) is 0 Å². The third kappa shape index (κ3) is 6.09. The van der Waals surface area contributed by atoms with Crippen molar-refractivity contribution < 1.29 is 0 Å². The monoisotopic (exact) mass is 118 g/mol. The molecule has 0 aliphatic rings. The molecule has 0 fully saturated rings. The third-order valence-corrected chi connectivity index (χ3v) is 1.24. The van der Waals surface area contributed by atoms with Gasteiger partial charge >= 0.3 is 0 Å². The molecular weight excluding hydrogens is 106 g/mol. The molecule has 0 bridgehead atoms. The lowest BCUT2D eigenvalue weighted by molar-refractivity contribution is 0.839. The van der Waals surface area contributed by atoms with E-state index in [1.165, 1.54) is 0 Å². The molecule has 1 N–H and O–H groups in total. The maximum absolute atomic E-state index is 5.44. The highest BCUT2D eigenvalue weighted by molar-refractivity contribution is 7.85. The van der Waals surface area contributed by atoms with E-state index in [1.807, 2.05) is 6.26 Å². The lowest BCUT2D eigenvalue weighted by Gasteiger charge is -2.07. The molecule has 0 amide bonds. The van der Waals surface area contributed by atoms with Crippen LogP contribution in [-0.2, 0) is 10.3 Å². The standard InChI is InChI=1S/C5H12NS/c1-4-6-5-7(2)3/h2,6H,4-5H2,1,3H3/q-1. The molecule has 0 aromatic heterocycles. The van der Waals surface area contributed by atoms with Gasteiger partial charge in [-0.15, -0.1) is 6.26 Å². The predicted octanol–water partition coefficient (Wildman–Crippen LogP) is 0.391. The minimum atomic E-state index is 0.0734. The van der Waals surface area contributed by atoms with E-state index in [2.05, 4.69) is 12.2 Å². The fourth-order valence-electron chi connectivity index (χ4n) is 0.263. The smallest absolute Gasteiger partial charge is 0.00973 e. The van der Waals surface area contributed by atoms with Crippen molar-refractivity contribution in [2.75, 3.05) is 18.7 Å². The van der Waals surface area contributed by atoms with Crippen molar-refractivity contribution in [1.82, 2.24) is 5.32 Å². The van der Waals surface area contributed by atoms with Crippen molar-refractivity contribution in [2.24, 2.45) is 0 Å². The van der Waals surface area contributed by atoms with Gasteiger partial charge in [-0.25, -0.2) is 0 Å². The van der Waals surface area contributed by atoms with Gasteiger partial charge in [0.05, 0.1) is 0 Å². The van der Waals surface area contributed by atoms with E-state index in [1.54, 1.807) is 0 Å². The molecule has 0 aliphatic carbocycles. The van der Waals surface area contributed by atoms with E-state index >= 15 is 0 Å². The number of hydrogen-bond acceptors (Lipinski definition) is 2. The number of hydrogen-bond donors (Lipinski definition) is 1. The average molecular weight is 118 g/mol. The topological polar surface area (TPSA) is 12.0 Å². The van der Waals surface area contributed by atoms with Gasteiger partial charge in [0.15, 0.2) is 0 Å². The Morgan fingerprint density at radius 1 is 1.71 bits per heavy atom. The van der Waals surface area contributed by atoms with Gasteiger partial charge in [0.2, 0.25) is 0 Å². The summed E-state index contributed by atoms with van der Waals surface area (Å²) in [5.74, 6) is 0.955. The third-order valence-electron chi connectivity index (χ3n) is 0.580. The zero-order chi connectivity index (χ0) is 5.70. The molecule has 0 aliphatic heterocycles. The van der Waals surface area contributed by atoms with E-state index < -0.39 is 0 Å². The van der Waals surface area contributed by atoms with Gasteiger partial charge in [-0.05, 0) is 6.54 Å². The van der Waals surface area contributed by atoms with Gasteiger partial charge in [0.1, 0.15) is 0 Å². The molecule has 0 saturated heterocycles. The van der Waals surface area contributed by atoms with Crippen molar-refractivity contribution in [3.8, 4) is 5.69 Å². The van der Waals surface area contributed by atoms with E-state index in [4.69, 9.17) is 5.69 Å². The van der Waals surface area contributed by atoms with Crippen molar-refractivity contribution in [2.45, 2.75) is 6.92 Å². The highest BCUT2D eigenvalue weighted by atomic mass is 32.2. The first-order valence-corrected chi connectivity index (χ1v) is 4.21. The Labute approximate surface area is 47.7 Å². The molecule has 0 radical (unpaired) electrons. The SMILES string of the molecule is C#[S-](C)CNCC. The van der Waals surface area contributed by atoms with E-state index in [-0.39, 0.29) is 10.3 Å². The minimum absolute atomic E-state index is 0.0734. The summed E-state index contributed by atoms with van der Waals surface area (Å²) in [5.41, 5.74) is 5.44. The van der Waals surface area contributed by atoms with Crippen LogP contribution >= 0.6 is 0 Å². The summed E-state index contributed by atoms with van der Waals surface area (Å²) in [4.78, 5) is 0. The van der Waals surface area contributed by atoms with Crippen LogP contribution in [0.5, 0.6) is 0 Å². The summed E-state index contributed by atoms with van der Waals surface area (Å²) in [6.45, 7) is 3.10. The van der Waals surface area contributed by atoms with Crippen LogP contribution in [-0.4, -0.2) is 18.7 Å². The summed E-state index contributed by atoms with van der Waals surface area (Å²) in [7, 11) is 0.0734. The number of rotatable bonds is 2. The largest absolute Gasteiger partial charge is 0.447 e. The molecule has 0 rings (SSSR count). The first kappa shape index (κ1) is 7.09. The molecule has 0 aromatic rings. The molecule has 7 heavy (non-hydrogen) atoms. The van der Waals surface area contributed by atoms with Gasteiger partial charge in [-0.2, -0.15) is 0 Å². The summed E-state index contributed by atoms with van der Waals surface area (Å²) < 4.78 is 0. The second-order valence-corrected chi connectivity index (χ2v) is 3.11. The van der Waals surface area contributed by atoms with Gasteiger partial charge in [0.25, 0.3) is 0 Å². The van der Waals surface area contributed by atoms with Crippen molar-refractivity contribution in [1.29, 1.82) is 0 Å². The highest BCUT2D eigenvalue weighted by Gasteiger charge is 1.64. The molecule has 2 heteroatoms. The molecule has 44 valence electrons. The van der Waals surface area contributed by atoms with Crippen molar-refractivity contribution >= 4 is 10.3 Å². The van der Waals surface area contributed by atoms with Crippen LogP contribution in [0.25, 0.3) is 0 Å². The fraction of sp³-hybridized carbons (Fsp3) is 0.800. The molecule has 0 saturated carbocycles. The minimum Gasteiger partial charge on any atom is -0.447 e. The molecule has 0 heterocycles. The van der Waals surface area contributed by atoms with Crippen LogP contribution in [0, 0.1) is 5.69 Å². The van der Waals surface area contributed by atoms with E-state index in [0.717, 1.165) is 12.4 Å². The fourth-order valence-corrected chi connectivity index (χ4v) is 0.789.